The fourth-order valence-corrected chi connectivity index (χ4v) is 4.91. The molecular formula is C23H25ClF3N3O6S. The number of alkyl halides is 3. The Labute approximate surface area is 216 Å². The quantitative estimate of drug-likeness (QED) is 0.349. The van der Waals surface area contributed by atoms with Gasteiger partial charge in [-0.15, -0.1) is 0 Å². The molecule has 0 saturated heterocycles. The van der Waals surface area contributed by atoms with Crippen LogP contribution in [0.2, 0.25) is 5.02 Å². The Kier molecular flexibility index (Phi) is 8.42. The van der Waals surface area contributed by atoms with E-state index in [0.717, 1.165) is 18.2 Å². The van der Waals surface area contributed by atoms with E-state index in [1.807, 2.05) is 5.32 Å². The number of carbonyl (C=O) groups is 2. The van der Waals surface area contributed by atoms with Gasteiger partial charge in [0.1, 0.15) is 0 Å². The number of rotatable bonds is 7. The van der Waals surface area contributed by atoms with Gasteiger partial charge in [0.2, 0.25) is 5.60 Å². The van der Waals surface area contributed by atoms with Gasteiger partial charge in [-0.3, -0.25) is 14.3 Å². The van der Waals surface area contributed by atoms with Crippen LogP contribution >= 0.6 is 11.6 Å². The van der Waals surface area contributed by atoms with Gasteiger partial charge in [0.25, 0.3) is 21.8 Å². The van der Waals surface area contributed by atoms with Crippen molar-refractivity contribution in [1.82, 2.24) is 5.32 Å². The average molecular weight is 564 g/mol. The summed E-state index contributed by atoms with van der Waals surface area (Å²) in [7, 11) is -4.19. The van der Waals surface area contributed by atoms with Crippen molar-refractivity contribution in [3.8, 4) is 0 Å². The lowest BCUT2D eigenvalue weighted by atomic mass is 9.93. The van der Waals surface area contributed by atoms with Crippen LogP contribution in [0.3, 0.4) is 0 Å². The minimum absolute atomic E-state index is 0.0498. The molecule has 3 rings (SSSR count). The molecule has 1 aliphatic carbocycles. The number of aliphatic hydroxyl groups is 2. The second-order valence-corrected chi connectivity index (χ2v) is 10.9. The molecule has 0 unspecified atom stereocenters. The van der Waals surface area contributed by atoms with E-state index in [-0.39, 0.29) is 46.3 Å². The lowest BCUT2D eigenvalue weighted by Gasteiger charge is -2.26. The minimum Gasteiger partial charge on any atom is -0.393 e. The third-order valence-electron chi connectivity index (χ3n) is 5.92. The van der Waals surface area contributed by atoms with Crippen molar-refractivity contribution in [2.24, 2.45) is 0 Å². The van der Waals surface area contributed by atoms with Gasteiger partial charge in [0.15, 0.2) is 0 Å². The highest BCUT2D eigenvalue weighted by Crippen LogP contribution is 2.33. The summed E-state index contributed by atoms with van der Waals surface area (Å²) in [6.07, 6.45) is -3.05. The van der Waals surface area contributed by atoms with Gasteiger partial charge in [0, 0.05) is 17.3 Å². The maximum absolute atomic E-state index is 12.8. The molecule has 0 radical (unpaired) electrons. The van der Waals surface area contributed by atoms with Crippen molar-refractivity contribution in [2.75, 3.05) is 10.0 Å². The molecule has 0 bridgehead atoms. The number of halogens is 4. The average Bonchev–Trinajstić information content (AvgIpc) is 2.81. The topological polar surface area (TPSA) is 145 Å². The number of hydrogen-bond donors (Lipinski definition) is 5. The Bertz CT molecular complexity index is 1260. The minimum atomic E-state index is -5.24. The van der Waals surface area contributed by atoms with Crippen LogP contribution in [0.25, 0.3) is 0 Å². The molecule has 1 atom stereocenters. The first-order valence-corrected chi connectivity index (χ1v) is 13.0. The summed E-state index contributed by atoms with van der Waals surface area (Å²) < 4.78 is 66.3. The maximum Gasteiger partial charge on any atom is 0.426 e. The fourth-order valence-electron chi connectivity index (χ4n) is 3.53. The molecule has 14 heteroatoms. The van der Waals surface area contributed by atoms with E-state index in [0.29, 0.717) is 31.2 Å². The molecular weight excluding hydrogens is 539 g/mol. The second kappa shape index (κ2) is 10.9. The van der Waals surface area contributed by atoms with Crippen LogP contribution in [0.1, 0.15) is 43.0 Å². The van der Waals surface area contributed by atoms with Crippen molar-refractivity contribution in [3.63, 3.8) is 0 Å². The van der Waals surface area contributed by atoms with E-state index in [4.69, 9.17) is 11.6 Å². The molecule has 0 spiro atoms. The Balaban J connectivity index is 1.66. The predicted molar refractivity (Wildman–Crippen MR) is 130 cm³/mol. The van der Waals surface area contributed by atoms with E-state index in [1.54, 1.807) is 0 Å². The molecule has 202 valence electrons. The third-order valence-corrected chi connectivity index (χ3v) is 7.62. The number of benzene rings is 2. The second-order valence-electron chi connectivity index (χ2n) is 8.83. The molecule has 2 amide bonds. The van der Waals surface area contributed by atoms with E-state index in [1.165, 1.54) is 24.3 Å². The highest BCUT2D eigenvalue weighted by atomic mass is 35.5. The smallest absolute Gasteiger partial charge is 0.393 e. The first kappa shape index (κ1) is 28.7. The van der Waals surface area contributed by atoms with Crippen LogP contribution in [0, 0.1) is 0 Å². The molecule has 2 aromatic rings. The molecule has 0 aromatic heterocycles. The highest BCUT2D eigenvalue weighted by molar-refractivity contribution is 7.92. The normalized spacial score (nSPS) is 20.0. The zero-order valence-electron chi connectivity index (χ0n) is 19.5. The summed E-state index contributed by atoms with van der Waals surface area (Å²) in [5, 5.41) is 23.3. The molecule has 1 aliphatic rings. The van der Waals surface area contributed by atoms with Gasteiger partial charge in [-0.25, -0.2) is 8.42 Å². The SMILES string of the molecule is C[C@@](O)(C(=O)Nc1ccc(S(=O)(=O)Nc2ccc(C(=O)NC3CCC(O)CC3)cc2)cc1Cl)C(F)(F)F. The largest absolute Gasteiger partial charge is 0.426 e. The van der Waals surface area contributed by atoms with Crippen LogP contribution in [0.4, 0.5) is 24.5 Å². The summed E-state index contributed by atoms with van der Waals surface area (Å²) in [4.78, 5) is 23.9. The lowest BCUT2D eigenvalue weighted by molar-refractivity contribution is -0.242. The van der Waals surface area contributed by atoms with Gasteiger partial charge >= 0.3 is 6.18 Å². The first-order chi connectivity index (χ1) is 17.1. The molecule has 37 heavy (non-hydrogen) atoms. The summed E-state index contributed by atoms with van der Waals surface area (Å²) in [6, 6.07) is 8.50. The zero-order chi connectivity index (χ0) is 27.6. The lowest BCUT2D eigenvalue weighted by Crippen LogP contribution is -2.52. The van der Waals surface area contributed by atoms with Gasteiger partial charge in [-0.1, -0.05) is 11.6 Å². The summed E-state index contributed by atoms with van der Waals surface area (Å²) in [5.74, 6) is -2.12. The van der Waals surface area contributed by atoms with Crippen molar-refractivity contribution >= 4 is 44.8 Å². The Morgan fingerprint density at radius 3 is 2.16 bits per heavy atom. The molecule has 1 saturated carbocycles. The number of amides is 2. The van der Waals surface area contributed by atoms with E-state index in [2.05, 4.69) is 10.0 Å². The summed E-state index contributed by atoms with van der Waals surface area (Å²) in [6.45, 7) is 0.273. The predicted octanol–water partition coefficient (Wildman–Crippen LogP) is 3.43. The van der Waals surface area contributed by atoms with Crippen LogP contribution in [-0.2, 0) is 14.8 Å². The van der Waals surface area contributed by atoms with E-state index in [9.17, 15) is 41.4 Å². The number of sulfonamides is 1. The number of hydrogen-bond acceptors (Lipinski definition) is 6. The molecule has 9 nitrogen and oxygen atoms in total. The highest BCUT2D eigenvalue weighted by Gasteiger charge is 2.55. The summed E-state index contributed by atoms with van der Waals surface area (Å²) in [5.41, 5.74) is -3.58. The Morgan fingerprint density at radius 2 is 1.62 bits per heavy atom. The molecule has 5 N–H and O–H groups in total. The van der Waals surface area contributed by atoms with Gasteiger partial charge < -0.3 is 20.8 Å². The summed E-state index contributed by atoms with van der Waals surface area (Å²) >= 11 is 5.96. The Morgan fingerprint density at radius 1 is 1.03 bits per heavy atom. The van der Waals surface area contributed by atoms with Crippen molar-refractivity contribution < 1.29 is 41.4 Å². The number of anilines is 2. The Hall–Kier alpha value is -2.87. The van der Waals surface area contributed by atoms with E-state index >= 15 is 0 Å². The van der Waals surface area contributed by atoms with Gasteiger partial charge in [0.05, 0.1) is 21.7 Å². The van der Waals surface area contributed by atoms with E-state index < -0.39 is 27.7 Å². The van der Waals surface area contributed by atoms with Crippen LogP contribution in [0.15, 0.2) is 47.4 Å². The first-order valence-electron chi connectivity index (χ1n) is 11.1. The van der Waals surface area contributed by atoms with Crippen LogP contribution < -0.4 is 15.4 Å². The molecule has 0 aliphatic heterocycles. The van der Waals surface area contributed by atoms with Crippen LogP contribution in [0.5, 0.6) is 0 Å². The molecule has 0 heterocycles. The number of carbonyl (C=O) groups excluding carboxylic acids is 2. The standard InChI is InChI=1S/C23H25ClF3N3O6S/c1-22(34,23(25,26)27)21(33)29-19-11-10-17(12-18(19)24)37(35,36)30-15-4-2-13(3-5-15)20(32)28-14-6-8-16(31)9-7-14/h2-5,10-12,14,16,30-31,34H,6-9H2,1H3,(H,28,32)(H,29,33)/t14?,16?,22-/m1/s1. The molecule has 1 fully saturated rings. The number of aliphatic hydroxyl groups excluding tert-OH is 1. The van der Waals surface area contributed by atoms with Crippen molar-refractivity contribution in [1.29, 1.82) is 0 Å². The van der Waals surface area contributed by atoms with Gasteiger partial charge in [-0.2, -0.15) is 13.2 Å². The zero-order valence-corrected chi connectivity index (χ0v) is 21.0. The van der Waals surface area contributed by atoms with Crippen molar-refractivity contribution in [2.45, 2.75) is 61.4 Å². The number of nitrogens with one attached hydrogen (secondary N) is 3. The molecule has 2 aromatic carbocycles. The third kappa shape index (κ3) is 6.92. The van der Waals surface area contributed by atoms with Crippen molar-refractivity contribution in [3.05, 3.63) is 53.1 Å². The van der Waals surface area contributed by atoms with Crippen LogP contribution in [-0.4, -0.2) is 54.4 Å². The monoisotopic (exact) mass is 563 g/mol. The maximum atomic E-state index is 12.8. The van der Waals surface area contributed by atoms with Gasteiger partial charge in [-0.05, 0) is 75.1 Å². The fraction of sp³-hybridized carbons (Fsp3) is 0.391.